The Hall–Kier alpha value is -4.05. The van der Waals surface area contributed by atoms with E-state index in [4.69, 9.17) is 14.5 Å². The molecular formula is C27H22N2O2. The van der Waals surface area contributed by atoms with Crippen LogP contribution in [-0.2, 0) is 13.2 Å². The Morgan fingerprint density at radius 1 is 0.613 bits per heavy atom. The van der Waals surface area contributed by atoms with Gasteiger partial charge in [0.1, 0.15) is 30.5 Å². The Balaban J connectivity index is 1.45. The van der Waals surface area contributed by atoms with Crippen molar-refractivity contribution in [3.05, 3.63) is 114 Å². The summed E-state index contributed by atoms with van der Waals surface area (Å²) in [6, 6.07) is 34.2. The Morgan fingerprint density at radius 2 is 1.16 bits per heavy atom. The molecule has 4 nitrogen and oxygen atoms in total. The molecule has 0 spiro atoms. The van der Waals surface area contributed by atoms with E-state index >= 15 is 0 Å². The Bertz CT molecular complexity index is 1190. The van der Waals surface area contributed by atoms with Gasteiger partial charge in [-0.05, 0) is 35.4 Å². The highest BCUT2D eigenvalue weighted by Crippen LogP contribution is 2.30. The van der Waals surface area contributed by atoms with Crippen molar-refractivity contribution in [1.29, 1.82) is 0 Å². The van der Waals surface area contributed by atoms with Crippen LogP contribution in [0.1, 0.15) is 11.1 Å². The molecular weight excluding hydrogens is 384 g/mol. The van der Waals surface area contributed by atoms with E-state index in [1.807, 2.05) is 78.9 Å². The number of hydrogen-bond acceptors (Lipinski definition) is 3. The van der Waals surface area contributed by atoms with Gasteiger partial charge in [-0.15, -0.1) is 0 Å². The number of rotatable bonds is 7. The highest BCUT2D eigenvalue weighted by atomic mass is 16.5. The largest absolute Gasteiger partial charge is 0.489 e. The summed E-state index contributed by atoms with van der Waals surface area (Å²) in [5, 5.41) is 0. The van der Waals surface area contributed by atoms with Gasteiger partial charge in [-0.1, -0.05) is 72.8 Å². The molecule has 0 aliphatic rings. The normalized spacial score (nSPS) is 10.8. The highest BCUT2D eigenvalue weighted by molar-refractivity contribution is 5.79. The summed E-state index contributed by atoms with van der Waals surface area (Å²) in [6.45, 7) is 0.977. The molecule has 31 heavy (non-hydrogen) atoms. The first kappa shape index (κ1) is 18.9. The van der Waals surface area contributed by atoms with Crippen molar-refractivity contribution in [2.45, 2.75) is 13.2 Å². The Morgan fingerprint density at radius 3 is 1.74 bits per heavy atom. The van der Waals surface area contributed by atoms with Crippen LogP contribution in [0.4, 0.5) is 0 Å². The lowest BCUT2D eigenvalue weighted by molar-refractivity contribution is 0.290. The minimum atomic E-state index is 0.489. The molecule has 1 aromatic heterocycles. The van der Waals surface area contributed by atoms with E-state index in [1.54, 1.807) is 0 Å². The molecule has 0 aliphatic carbocycles. The topological polar surface area (TPSA) is 47.1 Å². The van der Waals surface area contributed by atoms with E-state index in [-0.39, 0.29) is 0 Å². The van der Waals surface area contributed by atoms with Gasteiger partial charge < -0.3 is 14.5 Å². The molecule has 0 atom stereocenters. The van der Waals surface area contributed by atoms with Gasteiger partial charge in [-0.2, -0.15) is 0 Å². The molecule has 0 bridgehead atoms. The molecule has 0 saturated carbocycles. The Labute approximate surface area is 181 Å². The molecule has 4 heteroatoms. The average Bonchev–Trinajstić information content (AvgIpc) is 3.27. The van der Waals surface area contributed by atoms with E-state index in [0.29, 0.717) is 13.2 Å². The van der Waals surface area contributed by atoms with Crippen LogP contribution in [0.15, 0.2) is 103 Å². The zero-order valence-corrected chi connectivity index (χ0v) is 17.0. The molecule has 1 heterocycles. The quantitative estimate of drug-likeness (QED) is 0.341. The summed E-state index contributed by atoms with van der Waals surface area (Å²) in [7, 11) is 0. The highest BCUT2D eigenvalue weighted by Gasteiger charge is 2.10. The van der Waals surface area contributed by atoms with Crippen LogP contribution < -0.4 is 9.47 Å². The maximum Gasteiger partial charge on any atom is 0.138 e. The molecule has 5 rings (SSSR count). The van der Waals surface area contributed by atoms with E-state index in [2.05, 4.69) is 29.2 Å². The molecule has 0 aliphatic heterocycles. The van der Waals surface area contributed by atoms with Gasteiger partial charge in [0.15, 0.2) is 0 Å². The molecule has 0 radical (unpaired) electrons. The smallest absolute Gasteiger partial charge is 0.138 e. The third kappa shape index (κ3) is 4.59. The van der Waals surface area contributed by atoms with Gasteiger partial charge in [-0.25, -0.2) is 4.98 Å². The molecule has 0 unspecified atom stereocenters. The molecule has 152 valence electrons. The number of para-hydroxylation sites is 2. The van der Waals surface area contributed by atoms with Crippen LogP contribution in [0.25, 0.3) is 22.4 Å². The van der Waals surface area contributed by atoms with E-state index < -0.39 is 0 Å². The van der Waals surface area contributed by atoms with Gasteiger partial charge in [0.2, 0.25) is 0 Å². The van der Waals surface area contributed by atoms with Gasteiger partial charge in [-0.3, -0.25) is 0 Å². The number of nitrogens with one attached hydrogen (secondary N) is 1. The number of ether oxygens (including phenoxy) is 2. The van der Waals surface area contributed by atoms with E-state index in [0.717, 1.165) is 45.0 Å². The lowest BCUT2D eigenvalue weighted by Crippen LogP contribution is -1.99. The fraction of sp³-hybridized carbons (Fsp3) is 0.0741. The van der Waals surface area contributed by atoms with Gasteiger partial charge in [0.25, 0.3) is 0 Å². The molecule has 0 amide bonds. The first-order valence-electron chi connectivity index (χ1n) is 10.3. The summed E-state index contributed by atoms with van der Waals surface area (Å²) in [4.78, 5) is 8.13. The summed E-state index contributed by atoms with van der Waals surface area (Å²) in [5.74, 6) is 2.27. The van der Waals surface area contributed by atoms with Crippen LogP contribution in [0.5, 0.6) is 11.5 Å². The third-order valence-corrected chi connectivity index (χ3v) is 5.04. The minimum absolute atomic E-state index is 0.489. The number of aromatic nitrogens is 2. The van der Waals surface area contributed by atoms with Crippen molar-refractivity contribution in [2.24, 2.45) is 0 Å². The predicted octanol–water partition coefficient (Wildman–Crippen LogP) is 6.39. The minimum Gasteiger partial charge on any atom is -0.489 e. The Kier molecular flexibility index (Phi) is 5.35. The van der Waals surface area contributed by atoms with Crippen molar-refractivity contribution in [3.8, 4) is 22.9 Å². The first-order valence-corrected chi connectivity index (χ1v) is 10.3. The summed E-state index contributed by atoms with van der Waals surface area (Å²) in [5.41, 5.74) is 5.08. The number of hydrogen-bond donors (Lipinski definition) is 1. The van der Waals surface area contributed by atoms with Crippen LogP contribution >= 0.6 is 0 Å². The lowest BCUT2D eigenvalue weighted by atomic mass is 10.2. The second-order valence-corrected chi connectivity index (χ2v) is 7.34. The summed E-state index contributed by atoms with van der Waals surface area (Å²) in [6.07, 6.45) is 0. The molecule has 5 aromatic rings. The van der Waals surface area contributed by atoms with Gasteiger partial charge in [0.05, 0.1) is 11.0 Å². The molecule has 0 saturated heterocycles. The number of H-pyrrole nitrogens is 1. The summed E-state index contributed by atoms with van der Waals surface area (Å²) >= 11 is 0. The summed E-state index contributed by atoms with van der Waals surface area (Å²) < 4.78 is 12.2. The number of benzene rings is 4. The van der Waals surface area contributed by atoms with E-state index in [1.165, 1.54) is 0 Å². The average molecular weight is 406 g/mol. The van der Waals surface area contributed by atoms with Crippen molar-refractivity contribution in [1.82, 2.24) is 9.97 Å². The number of imidazole rings is 1. The maximum absolute atomic E-state index is 6.10. The van der Waals surface area contributed by atoms with Crippen LogP contribution in [0.3, 0.4) is 0 Å². The molecule has 1 N–H and O–H groups in total. The zero-order chi connectivity index (χ0) is 20.9. The van der Waals surface area contributed by atoms with Gasteiger partial charge >= 0.3 is 0 Å². The van der Waals surface area contributed by atoms with Crippen molar-refractivity contribution < 1.29 is 9.47 Å². The van der Waals surface area contributed by atoms with Crippen molar-refractivity contribution >= 4 is 11.0 Å². The maximum atomic E-state index is 6.10. The second-order valence-electron chi connectivity index (χ2n) is 7.34. The van der Waals surface area contributed by atoms with Crippen LogP contribution in [0.2, 0.25) is 0 Å². The molecule has 4 aromatic carbocycles. The predicted molar refractivity (Wildman–Crippen MR) is 123 cm³/mol. The number of fused-ring (bicyclic) bond motifs is 1. The zero-order valence-electron chi connectivity index (χ0n) is 17.0. The second kappa shape index (κ2) is 8.76. The standard InChI is InChI=1S/C27H22N2O2/c1-3-9-20(10-4-1)18-30-23-15-22(27-28-25-13-7-8-14-26(25)29-27)16-24(17-23)31-19-21-11-5-2-6-12-21/h1-17H,18-19H2,(H,28,29). The van der Waals surface area contributed by atoms with Gasteiger partial charge in [0, 0.05) is 11.6 Å². The van der Waals surface area contributed by atoms with Crippen LogP contribution in [-0.4, -0.2) is 9.97 Å². The SMILES string of the molecule is c1ccc(COc2cc(OCc3ccccc3)cc(-c3nc4ccccc4[nH]3)c2)cc1. The lowest BCUT2D eigenvalue weighted by Gasteiger charge is -2.12. The molecule has 0 fully saturated rings. The fourth-order valence-electron chi connectivity index (χ4n) is 3.45. The van der Waals surface area contributed by atoms with E-state index in [9.17, 15) is 0 Å². The monoisotopic (exact) mass is 406 g/mol. The van der Waals surface area contributed by atoms with Crippen molar-refractivity contribution in [3.63, 3.8) is 0 Å². The number of nitrogens with zero attached hydrogens (tertiary/aromatic N) is 1. The van der Waals surface area contributed by atoms with Crippen LogP contribution in [0, 0.1) is 0 Å². The fourth-order valence-corrected chi connectivity index (χ4v) is 3.45. The third-order valence-electron chi connectivity index (χ3n) is 5.04. The first-order chi connectivity index (χ1) is 15.3. The van der Waals surface area contributed by atoms with Crippen molar-refractivity contribution in [2.75, 3.05) is 0 Å². The number of aromatic amines is 1.